The predicted molar refractivity (Wildman–Crippen MR) is 97.8 cm³/mol. The Morgan fingerprint density at radius 3 is 2.70 bits per heavy atom. The molecule has 0 aliphatic carbocycles. The summed E-state index contributed by atoms with van der Waals surface area (Å²) < 4.78 is 0.906. The summed E-state index contributed by atoms with van der Waals surface area (Å²) in [6.07, 6.45) is 3.40. The summed E-state index contributed by atoms with van der Waals surface area (Å²) in [6.45, 7) is 0. The SMILES string of the molecule is O=c1[nH]c(NN=CC=C(Br)c2ccccc2)nc2ccccc12. The molecule has 0 spiro atoms. The van der Waals surface area contributed by atoms with Crippen molar-refractivity contribution in [2.75, 3.05) is 5.43 Å². The highest BCUT2D eigenvalue weighted by atomic mass is 79.9. The van der Waals surface area contributed by atoms with Crippen LogP contribution in [0.2, 0.25) is 0 Å². The molecule has 0 radical (unpaired) electrons. The summed E-state index contributed by atoms with van der Waals surface area (Å²) in [7, 11) is 0. The van der Waals surface area contributed by atoms with Crippen LogP contribution < -0.4 is 11.0 Å². The van der Waals surface area contributed by atoms with Gasteiger partial charge in [0, 0.05) is 10.7 Å². The quantitative estimate of drug-likeness (QED) is 0.544. The second kappa shape index (κ2) is 7.02. The molecule has 0 bridgehead atoms. The van der Waals surface area contributed by atoms with Crippen LogP contribution in [0, 0.1) is 0 Å². The fourth-order valence-electron chi connectivity index (χ4n) is 2.03. The van der Waals surface area contributed by atoms with Gasteiger partial charge in [0.15, 0.2) is 0 Å². The van der Waals surface area contributed by atoms with Crippen LogP contribution in [0.3, 0.4) is 0 Å². The molecular formula is C17H13BrN4O. The molecule has 2 N–H and O–H groups in total. The number of hydrazone groups is 1. The van der Waals surface area contributed by atoms with Crippen LogP contribution in [-0.4, -0.2) is 16.2 Å². The molecule has 1 aromatic heterocycles. The highest BCUT2D eigenvalue weighted by molar-refractivity contribution is 9.15. The second-order valence-electron chi connectivity index (χ2n) is 4.70. The van der Waals surface area contributed by atoms with Gasteiger partial charge in [-0.3, -0.25) is 9.78 Å². The molecule has 3 aromatic rings. The Hall–Kier alpha value is -2.73. The lowest BCUT2D eigenvalue weighted by Crippen LogP contribution is -2.10. The number of aromatic amines is 1. The molecule has 0 saturated carbocycles. The van der Waals surface area contributed by atoms with Crippen LogP contribution in [-0.2, 0) is 0 Å². The van der Waals surface area contributed by atoms with Crippen molar-refractivity contribution in [1.82, 2.24) is 9.97 Å². The lowest BCUT2D eigenvalue weighted by atomic mass is 10.2. The molecule has 1 heterocycles. The number of halogens is 1. The van der Waals surface area contributed by atoms with E-state index in [1.54, 1.807) is 24.4 Å². The third-order valence-electron chi connectivity index (χ3n) is 3.13. The van der Waals surface area contributed by atoms with Gasteiger partial charge in [-0.25, -0.2) is 10.4 Å². The number of hydrogen-bond donors (Lipinski definition) is 2. The van der Waals surface area contributed by atoms with Crippen LogP contribution in [0.5, 0.6) is 0 Å². The van der Waals surface area contributed by atoms with Crippen molar-refractivity contribution in [2.24, 2.45) is 5.10 Å². The van der Waals surface area contributed by atoms with Crippen molar-refractivity contribution in [3.8, 4) is 0 Å². The molecule has 0 unspecified atom stereocenters. The van der Waals surface area contributed by atoms with E-state index in [1.165, 1.54) is 0 Å². The number of nitrogens with one attached hydrogen (secondary N) is 2. The average Bonchev–Trinajstić information content (AvgIpc) is 2.59. The van der Waals surface area contributed by atoms with E-state index in [-0.39, 0.29) is 5.56 Å². The van der Waals surface area contributed by atoms with Gasteiger partial charge in [0.05, 0.1) is 10.9 Å². The maximum absolute atomic E-state index is 11.9. The van der Waals surface area contributed by atoms with E-state index >= 15 is 0 Å². The Bertz CT molecular complexity index is 932. The number of H-pyrrole nitrogens is 1. The summed E-state index contributed by atoms with van der Waals surface area (Å²) in [5.41, 5.74) is 4.19. The van der Waals surface area contributed by atoms with Gasteiger partial charge >= 0.3 is 0 Å². The molecule has 0 aliphatic heterocycles. The van der Waals surface area contributed by atoms with Crippen molar-refractivity contribution in [2.45, 2.75) is 0 Å². The number of allylic oxidation sites excluding steroid dienone is 1. The van der Waals surface area contributed by atoms with Gasteiger partial charge in [0.2, 0.25) is 5.95 Å². The van der Waals surface area contributed by atoms with E-state index in [4.69, 9.17) is 0 Å². The first-order valence-corrected chi connectivity index (χ1v) is 7.73. The largest absolute Gasteiger partial charge is 0.291 e. The Balaban J connectivity index is 1.74. The van der Waals surface area contributed by atoms with Gasteiger partial charge < -0.3 is 0 Å². The molecule has 5 nitrogen and oxygen atoms in total. The molecular weight excluding hydrogens is 356 g/mol. The fraction of sp³-hybridized carbons (Fsp3) is 0. The Morgan fingerprint density at radius 1 is 1.13 bits per heavy atom. The number of fused-ring (bicyclic) bond motifs is 1. The molecule has 3 rings (SSSR count). The molecule has 0 aliphatic rings. The van der Waals surface area contributed by atoms with Gasteiger partial charge in [-0.2, -0.15) is 5.10 Å². The van der Waals surface area contributed by atoms with Crippen LogP contribution in [0.25, 0.3) is 15.4 Å². The number of aromatic nitrogens is 2. The average molecular weight is 369 g/mol. The maximum Gasteiger partial charge on any atom is 0.260 e. The molecule has 0 atom stereocenters. The smallest absolute Gasteiger partial charge is 0.260 e. The molecule has 6 heteroatoms. The zero-order chi connectivity index (χ0) is 16.1. The lowest BCUT2D eigenvalue weighted by molar-refractivity contribution is 1.12. The van der Waals surface area contributed by atoms with E-state index < -0.39 is 0 Å². The molecule has 0 fully saturated rings. The zero-order valence-corrected chi connectivity index (χ0v) is 13.6. The van der Waals surface area contributed by atoms with Crippen molar-refractivity contribution in [3.05, 3.63) is 76.6 Å². The van der Waals surface area contributed by atoms with Gasteiger partial charge in [-0.15, -0.1) is 0 Å². The molecule has 2 aromatic carbocycles. The summed E-state index contributed by atoms with van der Waals surface area (Å²) in [5.74, 6) is 0.300. The van der Waals surface area contributed by atoms with E-state index in [0.717, 1.165) is 10.0 Å². The molecule has 0 amide bonds. The highest BCUT2D eigenvalue weighted by Crippen LogP contribution is 2.19. The molecule has 114 valence electrons. The van der Waals surface area contributed by atoms with Gasteiger partial charge in [0.25, 0.3) is 5.56 Å². The number of benzene rings is 2. The van der Waals surface area contributed by atoms with E-state index in [1.807, 2.05) is 42.5 Å². The minimum atomic E-state index is -0.200. The fourth-order valence-corrected chi connectivity index (χ4v) is 2.42. The minimum Gasteiger partial charge on any atom is -0.291 e. The first-order valence-electron chi connectivity index (χ1n) is 6.93. The lowest BCUT2D eigenvalue weighted by Gasteiger charge is -2.01. The summed E-state index contributed by atoms with van der Waals surface area (Å²) in [6, 6.07) is 17.0. The van der Waals surface area contributed by atoms with Crippen molar-refractivity contribution < 1.29 is 0 Å². The number of nitrogens with zero attached hydrogens (tertiary/aromatic N) is 2. The molecule has 0 saturated heterocycles. The normalized spacial score (nSPS) is 12.0. The van der Waals surface area contributed by atoms with Crippen LogP contribution in [0.4, 0.5) is 5.95 Å². The molecule has 23 heavy (non-hydrogen) atoms. The van der Waals surface area contributed by atoms with Gasteiger partial charge in [-0.1, -0.05) is 58.4 Å². The first-order chi connectivity index (χ1) is 11.2. The second-order valence-corrected chi connectivity index (χ2v) is 5.56. The minimum absolute atomic E-state index is 0.200. The van der Waals surface area contributed by atoms with Gasteiger partial charge in [-0.05, 0) is 23.8 Å². The van der Waals surface area contributed by atoms with Crippen molar-refractivity contribution in [3.63, 3.8) is 0 Å². The number of anilines is 1. The number of para-hydroxylation sites is 1. The topological polar surface area (TPSA) is 70.1 Å². The summed E-state index contributed by atoms with van der Waals surface area (Å²) in [5, 5.41) is 4.59. The predicted octanol–water partition coefficient (Wildman–Crippen LogP) is 3.76. The highest BCUT2D eigenvalue weighted by Gasteiger charge is 2.01. The van der Waals surface area contributed by atoms with E-state index in [2.05, 4.69) is 36.4 Å². The zero-order valence-electron chi connectivity index (χ0n) is 12.0. The summed E-state index contributed by atoms with van der Waals surface area (Å²) in [4.78, 5) is 18.9. The van der Waals surface area contributed by atoms with E-state index in [0.29, 0.717) is 16.9 Å². The van der Waals surface area contributed by atoms with Crippen molar-refractivity contribution in [1.29, 1.82) is 0 Å². The first kappa shape index (κ1) is 15.2. The number of rotatable bonds is 4. The van der Waals surface area contributed by atoms with E-state index in [9.17, 15) is 4.79 Å². The van der Waals surface area contributed by atoms with Gasteiger partial charge in [0.1, 0.15) is 0 Å². The maximum atomic E-state index is 11.9. The Morgan fingerprint density at radius 2 is 1.87 bits per heavy atom. The van der Waals surface area contributed by atoms with Crippen LogP contribution >= 0.6 is 15.9 Å². The third kappa shape index (κ3) is 3.73. The Kier molecular flexibility index (Phi) is 4.63. The van der Waals surface area contributed by atoms with Crippen LogP contribution in [0.15, 0.2) is 70.6 Å². The Labute approximate surface area is 140 Å². The standard InChI is InChI=1S/C17H13BrN4O/c18-14(12-6-2-1-3-7-12)10-11-19-22-17-20-15-9-5-4-8-13(15)16(23)21-17/h1-11H,(H2,20,21,22,23). The van der Waals surface area contributed by atoms with Crippen LogP contribution in [0.1, 0.15) is 5.56 Å². The summed E-state index contributed by atoms with van der Waals surface area (Å²) >= 11 is 3.49. The number of hydrogen-bond acceptors (Lipinski definition) is 4. The third-order valence-corrected chi connectivity index (χ3v) is 3.85. The van der Waals surface area contributed by atoms with Crippen molar-refractivity contribution >= 4 is 43.5 Å². The monoisotopic (exact) mass is 368 g/mol.